The molecule has 1 fully saturated rings. The summed E-state index contributed by atoms with van der Waals surface area (Å²) < 4.78 is 5.50. The summed E-state index contributed by atoms with van der Waals surface area (Å²) in [4.78, 5) is 10.0. The maximum Gasteiger partial charge on any atom is 0.119 e. The fraction of sp³-hybridized carbons (Fsp3) is 0.348. The van der Waals surface area contributed by atoms with Crippen LogP contribution in [0, 0.1) is 0 Å². The van der Waals surface area contributed by atoms with Crippen LogP contribution in [0.15, 0.2) is 48.5 Å². The first-order valence-corrected chi connectivity index (χ1v) is 9.88. The molecule has 0 spiro atoms. The van der Waals surface area contributed by atoms with Gasteiger partial charge in [-0.1, -0.05) is 18.2 Å². The van der Waals surface area contributed by atoms with Gasteiger partial charge in [0.2, 0.25) is 0 Å². The minimum Gasteiger partial charge on any atom is -0.497 e. The molecule has 0 amide bonds. The molecule has 4 heteroatoms. The summed E-state index contributed by atoms with van der Waals surface area (Å²) in [7, 11) is 1.74. The molecule has 2 aliphatic rings. The maximum absolute atomic E-state index is 5.50. The van der Waals surface area contributed by atoms with Crippen molar-refractivity contribution in [1.29, 1.82) is 0 Å². The molecule has 27 heavy (non-hydrogen) atoms. The summed E-state index contributed by atoms with van der Waals surface area (Å²) in [6, 6.07) is 17.0. The van der Waals surface area contributed by atoms with E-state index in [4.69, 9.17) is 9.72 Å². The normalized spacial score (nSPS) is 16.6. The first kappa shape index (κ1) is 16.4. The molecule has 1 saturated heterocycles. The number of hydrogen-bond donors (Lipinski definition) is 0. The molecule has 0 radical (unpaired) electrons. The highest BCUT2D eigenvalue weighted by Gasteiger charge is 2.26. The zero-order valence-electron chi connectivity index (χ0n) is 15.8. The molecular formula is C23H25N3O. The van der Waals surface area contributed by atoms with Crippen molar-refractivity contribution in [1.82, 2.24) is 4.98 Å². The lowest BCUT2D eigenvalue weighted by molar-refractivity contribution is 0.415. The Morgan fingerprint density at radius 3 is 2.44 bits per heavy atom. The van der Waals surface area contributed by atoms with Gasteiger partial charge in [-0.3, -0.25) is 4.98 Å². The van der Waals surface area contributed by atoms with Crippen molar-refractivity contribution >= 4 is 22.3 Å². The monoisotopic (exact) mass is 359 g/mol. The summed E-state index contributed by atoms with van der Waals surface area (Å²) in [5.41, 5.74) is 6.58. The number of ether oxygens (including phenoxy) is 1. The van der Waals surface area contributed by atoms with E-state index in [2.05, 4.69) is 52.3 Å². The highest BCUT2D eigenvalue weighted by atomic mass is 16.5. The fourth-order valence-corrected chi connectivity index (χ4v) is 4.53. The average Bonchev–Trinajstić information content (AvgIpc) is 3.20. The summed E-state index contributed by atoms with van der Waals surface area (Å²) in [6.45, 7) is 4.18. The Morgan fingerprint density at radius 1 is 0.889 bits per heavy atom. The van der Waals surface area contributed by atoms with Crippen LogP contribution < -0.4 is 14.5 Å². The molecule has 0 atom stereocenters. The topological polar surface area (TPSA) is 28.6 Å². The van der Waals surface area contributed by atoms with Gasteiger partial charge in [0.05, 0.1) is 18.3 Å². The first-order valence-electron chi connectivity index (χ1n) is 9.88. The molecule has 1 aliphatic heterocycles. The van der Waals surface area contributed by atoms with Crippen molar-refractivity contribution in [3.8, 4) is 5.75 Å². The van der Waals surface area contributed by atoms with Gasteiger partial charge in [0.1, 0.15) is 5.75 Å². The molecule has 0 bridgehead atoms. The number of nitrogens with zero attached hydrogens (tertiary/aromatic N) is 3. The third kappa shape index (κ3) is 2.89. The number of benzene rings is 2. The third-order valence-corrected chi connectivity index (χ3v) is 5.91. The molecule has 1 aliphatic carbocycles. The summed E-state index contributed by atoms with van der Waals surface area (Å²) >= 11 is 0. The van der Waals surface area contributed by atoms with Crippen LogP contribution in [0.5, 0.6) is 5.75 Å². The quantitative estimate of drug-likeness (QED) is 0.705. The number of hydrogen-bond acceptors (Lipinski definition) is 4. The molecule has 1 aromatic heterocycles. The van der Waals surface area contributed by atoms with E-state index in [1.807, 2.05) is 6.07 Å². The number of aryl methyl sites for hydroxylation is 1. The number of aromatic nitrogens is 1. The molecule has 3 aromatic rings. The molecule has 0 unspecified atom stereocenters. The highest BCUT2D eigenvalue weighted by molar-refractivity contribution is 5.95. The highest BCUT2D eigenvalue weighted by Crippen LogP contribution is 2.38. The van der Waals surface area contributed by atoms with Gasteiger partial charge in [-0.05, 0) is 55.2 Å². The minimum absolute atomic E-state index is 0.909. The molecular weight excluding hydrogens is 334 g/mol. The predicted octanol–water partition coefficient (Wildman–Crippen LogP) is 4.06. The second kappa shape index (κ2) is 6.76. The van der Waals surface area contributed by atoms with Crippen LogP contribution in [-0.4, -0.2) is 38.3 Å². The molecule has 0 saturated carbocycles. The number of para-hydroxylation sites is 1. The molecule has 5 rings (SSSR count). The van der Waals surface area contributed by atoms with Crippen molar-refractivity contribution in [2.45, 2.75) is 19.3 Å². The van der Waals surface area contributed by atoms with Crippen LogP contribution in [0.25, 0.3) is 10.9 Å². The number of anilines is 2. The van der Waals surface area contributed by atoms with Gasteiger partial charge in [-0.15, -0.1) is 0 Å². The van der Waals surface area contributed by atoms with Crippen LogP contribution >= 0.6 is 0 Å². The Hall–Kier alpha value is -2.75. The summed E-state index contributed by atoms with van der Waals surface area (Å²) in [5.74, 6) is 0.909. The van der Waals surface area contributed by atoms with Gasteiger partial charge >= 0.3 is 0 Å². The summed E-state index contributed by atoms with van der Waals surface area (Å²) in [5, 5.41) is 1.24. The van der Waals surface area contributed by atoms with E-state index < -0.39 is 0 Å². The minimum atomic E-state index is 0.909. The number of pyridine rings is 1. The van der Waals surface area contributed by atoms with Crippen LogP contribution in [0.4, 0.5) is 11.4 Å². The Bertz CT molecular complexity index is 962. The molecule has 2 aromatic carbocycles. The average molecular weight is 359 g/mol. The van der Waals surface area contributed by atoms with Crippen molar-refractivity contribution in [2.75, 3.05) is 43.1 Å². The van der Waals surface area contributed by atoms with Gasteiger partial charge in [0, 0.05) is 42.9 Å². The lowest BCUT2D eigenvalue weighted by Crippen LogP contribution is -2.47. The SMILES string of the molecule is COc1ccc2nc3c(c(N4CCN(c5ccccc5)CC4)c2c1)CCC3. The maximum atomic E-state index is 5.50. The Balaban J connectivity index is 1.51. The lowest BCUT2D eigenvalue weighted by atomic mass is 10.0. The summed E-state index contributed by atoms with van der Waals surface area (Å²) in [6.07, 6.45) is 3.46. The van der Waals surface area contributed by atoms with E-state index in [9.17, 15) is 0 Å². The van der Waals surface area contributed by atoms with E-state index in [1.54, 1.807) is 7.11 Å². The largest absolute Gasteiger partial charge is 0.497 e. The molecule has 4 nitrogen and oxygen atoms in total. The second-order valence-electron chi connectivity index (χ2n) is 7.43. The number of piperazine rings is 1. The number of rotatable bonds is 3. The van der Waals surface area contributed by atoms with Crippen LogP contribution in [-0.2, 0) is 12.8 Å². The van der Waals surface area contributed by atoms with Gasteiger partial charge in [0.15, 0.2) is 0 Å². The number of fused-ring (bicyclic) bond motifs is 2. The van der Waals surface area contributed by atoms with Crippen molar-refractivity contribution < 1.29 is 4.74 Å². The first-order chi connectivity index (χ1) is 13.3. The second-order valence-corrected chi connectivity index (χ2v) is 7.43. The molecule has 138 valence electrons. The fourth-order valence-electron chi connectivity index (χ4n) is 4.53. The van der Waals surface area contributed by atoms with Gasteiger partial charge in [0.25, 0.3) is 0 Å². The van der Waals surface area contributed by atoms with E-state index in [0.29, 0.717) is 0 Å². The van der Waals surface area contributed by atoms with Gasteiger partial charge in [-0.25, -0.2) is 0 Å². The van der Waals surface area contributed by atoms with Crippen molar-refractivity contribution in [3.05, 3.63) is 59.8 Å². The Morgan fingerprint density at radius 2 is 1.67 bits per heavy atom. The van der Waals surface area contributed by atoms with Crippen LogP contribution in [0.2, 0.25) is 0 Å². The lowest BCUT2D eigenvalue weighted by Gasteiger charge is -2.38. The van der Waals surface area contributed by atoms with E-state index in [-0.39, 0.29) is 0 Å². The Labute approximate surface area is 160 Å². The van der Waals surface area contributed by atoms with Crippen molar-refractivity contribution in [2.24, 2.45) is 0 Å². The smallest absolute Gasteiger partial charge is 0.119 e. The Kier molecular flexibility index (Phi) is 4.12. The standard InChI is InChI=1S/C23H25N3O/c1-27-18-10-11-22-20(16-18)23(19-8-5-9-21(19)24-22)26-14-12-25(13-15-26)17-6-3-2-4-7-17/h2-4,6-7,10-11,16H,5,8-9,12-15H2,1H3. The molecule has 2 heterocycles. The van der Waals surface area contributed by atoms with E-state index in [0.717, 1.165) is 50.3 Å². The van der Waals surface area contributed by atoms with Crippen LogP contribution in [0.1, 0.15) is 17.7 Å². The third-order valence-electron chi connectivity index (χ3n) is 5.91. The zero-order valence-corrected chi connectivity index (χ0v) is 15.8. The van der Waals surface area contributed by atoms with E-state index >= 15 is 0 Å². The molecule has 0 N–H and O–H groups in total. The number of methoxy groups -OCH3 is 1. The predicted molar refractivity (Wildman–Crippen MR) is 111 cm³/mol. The van der Waals surface area contributed by atoms with Crippen molar-refractivity contribution in [3.63, 3.8) is 0 Å². The zero-order chi connectivity index (χ0) is 18.2. The van der Waals surface area contributed by atoms with Crippen LogP contribution in [0.3, 0.4) is 0 Å². The van der Waals surface area contributed by atoms with Gasteiger partial charge in [-0.2, -0.15) is 0 Å². The van der Waals surface area contributed by atoms with Gasteiger partial charge < -0.3 is 14.5 Å². The van der Waals surface area contributed by atoms with E-state index in [1.165, 1.54) is 34.4 Å².